The van der Waals surface area contributed by atoms with Crippen LogP contribution in [0.15, 0.2) is 24.3 Å². The smallest absolute Gasteiger partial charge is 0.355 e. The Hall–Kier alpha value is -1.27. The highest BCUT2D eigenvalue weighted by molar-refractivity contribution is 5.85. The molecule has 7 heteroatoms. The average molecular weight is 353 g/mol. The molecule has 3 N–H and O–H groups in total. The fourth-order valence-electron chi connectivity index (χ4n) is 1.93. The number of carbonyl (C=O) groups excluding carboxylic acids is 1. The van der Waals surface area contributed by atoms with E-state index in [4.69, 9.17) is 5.73 Å². The van der Waals surface area contributed by atoms with Gasteiger partial charge in [0.1, 0.15) is 0 Å². The van der Waals surface area contributed by atoms with Crippen LogP contribution in [0.2, 0.25) is 0 Å². The van der Waals surface area contributed by atoms with Crippen LogP contribution in [-0.4, -0.2) is 18.5 Å². The second-order valence-corrected chi connectivity index (χ2v) is 6.33. The summed E-state index contributed by atoms with van der Waals surface area (Å²) in [6.45, 7) is 7.28. The molecule has 0 spiro atoms. The third-order valence-corrected chi connectivity index (χ3v) is 3.88. The number of benzene rings is 1. The van der Waals surface area contributed by atoms with Crippen LogP contribution in [0.25, 0.3) is 0 Å². The number of alkyl halides is 3. The molecule has 0 aliphatic rings. The third kappa shape index (κ3) is 6.03. The summed E-state index contributed by atoms with van der Waals surface area (Å²) in [5, 5.41) is 2.76. The lowest BCUT2D eigenvalue weighted by Gasteiger charge is -2.27. The molecule has 1 amide bonds. The molecule has 0 saturated heterocycles. The van der Waals surface area contributed by atoms with Crippen LogP contribution in [0, 0.1) is 5.92 Å². The van der Waals surface area contributed by atoms with Gasteiger partial charge in [0.25, 0.3) is 0 Å². The van der Waals surface area contributed by atoms with Crippen molar-refractivity contribution < 1.29 is 18.0 Å². The Morgan fingerprint density at radius 2 is 1.74 bits per heavy atom. The topological polar surface area (TPSA) is 55.1 Å². The Morgan fingerprint density at radius 3 is 2.22 bits per heavy atom. The Bertz CT molecular complexity index is 530. The molecule has 23 heavy (non-hydrogen) atoms. The maximum Gasteiger partial charge on any atom is 0.416 e. The molecular weight excluding hydrogens is 329 g/mol. The number of nitrogens with two attached hydrogens (primary N) is 1. The largest absolute Gasteiger partial charge is 0.416 e. The second kappa shape index (κ2) is 8.02. The predicted octanol–water partition coefficient (Wildman–Crippen LogP) is 3.50. The van der Waals surface area contributed by atoms with Crippen molar-refractivity contribution in [3.8, 4) is 0 Å². The van der Waals surface area contributed by atoms with Crippen molar-refractivity contribution >= 4 is 18.3 Å². The molecule has 0 radical (unpaired) electrons. The third-order valence-electron chi connectivity index (χ3n) is 3.88. The number of amides is 1. The standard InChI is InChI=1S/C16H23F3N2O.ClH/c1-10(11(2)20)14(22)21-9-15(3,4)12-6-5-7-13(8-12)16(17,18)19;/h5-8,10-11H,9,20H2,1-4H3,(H,21,22);1H. The second-order valence-electron chi connectivity index (χ2n) is 6.33. The van der Waals surface area contributed by atoms with E-state index in [1.165, 1.54) is 6.07 Å². The molecule has 0 heterocycles. The van der Waals surface area contributed by atoms with Crippen LogP contribution >= 0.6 is 12.4 Å². The minimum absolute atomic E-state index is 0. The van der Waals surface area contributed by atoms with E-state index in [0.717, 1.165) is 12.1 Å². The maximum atomic E-state index is 12.8. The molecular formula is C16H24ClF3N2O. The highest BCUT2D eigenvalue weighted by Gasteiger charge is 2.32. The van der Waals surface area contributed by atoms with Crippen LogP contribution in [0.1, 0.15) is 38.8 Å². The van der Waals surface area contributed by atoms with Crippen molar-refractivity contribution in [3.63, 3.8) is 0 Å². The van der Waals surface area contributed by atoms with Gasteiger partial charge in [0.2, 0.25) is 5.91 Å². The Kier molecular flexibility index (Phi) is 7.57. The van der Waals surface area contributed by atoms with E-state index in [0.29, 0.717) is 5.56 Å². The molecule has 0 aliphatic heterocycles. The molecule has 0 aromatic heterocycles. The zero-order valence-electron chi connectivity index (χ0n) is 13.7. The fourth-order valence-corrected chi connectivity index (χ4v) is 1.93. The van der Waals surface area contributed by atoms with E-state index in [-0.39, 0.29) is 36.8 Å². The van der Waals surface area contributed by atoms with Gasteiger partial charge >= 0.3 is 6.18 Å². The highest BCUT2D eigenvalue weighted by atomic mass is 35.5. The number of rotatable bonds is 5. The van der Waals surface area contributed by atoms with E-state index in [2.05, 4.69) is 5.32 Å². The summed E-state index contributed by atoms with van der Waals surface area (Å²) in [5.41, 5.74) is 4.89. The van der Waals surface area contributed by atoms with E-state index < -0.39 is 17.2 Å². The lowest BCUT2D eigenvalue weighted by Crippen LogP contribution is -2.43. The normalized spacial score (nSPS) is 14.6. The molecule has 2 atom stereocenters. The van der Waals surface area contributed by atoms with Gasteiger partial charge in [-0.25, -0.2) is 0 Å². The van der Waals surface area contributed by atoms with Gasteiger partial charge in [0, 0.05) is 23.9 Å². The maximum absolute atomic E-state index is 12.8. The number of halogens is 4. The van der Waals surface area contributed by atoms with Crippen molar-refractivity contribution in [1.82, 2.24) is 5.32 Å². The zero-order valence-corrected chi connectivity index (χ0v) is 14.5. The average Bonchev–Trinajstić information content (AvgIpc) is 2.43. The summed E-state index contributed by atoms with van der Waals surface area (Å²) < 4.78 is 38.3. The quantitative estimate of drug-likeness (QED) is 0.852. The number of carbonyl (C=O) groups is 1. The van der Waals surface area contributed by atoms with Crippen LogP contribution < -0.4 is 11.1 Å². The van der Waals surface area contributed by atoms with Gasteiger partial charge in [0.05, 0.1) is 5.56 Å². The highest BCUT2D eigenvalue weighted by Crippen LogP contribution is 2.32. The lowest BCUT2D eigenvalue weighted by molar-refractivity contribution is -0.137. The first-order valence-corrected chi connectivity index (χ1v) is 7.16. The van der Waals surface area contributed by atoms with E-state index in [1.807, 2.05) is 0 Å². The molecule has 0 aliphatic carbocycles. The number of nitrogens with one attached hydrogen (secondary N) is 1. The van der Waals surface area contributed by atoms with Crippen molar-refractivity contribution in [2.24, 2.45) is 11.7 Å². The van der Waals surface area contributed by atoms with Crippen LogP contribution in [0.4, 0.5) is 13.2 Å². The molecule has 1 rings (SSSR count). The first kappa shape index (κ1) is 21.7. The molecule has 3 nitrogen and oxygen atoms in total. The Morgan fingerprint density at radius 1 is 1.22 bits per heavy atom. The van der Waals surface area contributed by atoms with Crippen molar-refractivity contribution in [2.75, 3.05) is 6.54 Å². The van der Waals surface area contributed by atoms with Gasteiger partial charge < -0.3 is 11.1 Å². The molecule has 0 saturated carbocycles. The molecule has 2 unspecified atom stereocenters. The fraction of sp³-hybridized carbons (Fsp3) is 0.562. The Labute approximate surface area is 141 Å². The Balaban J connectivity index is 0.00000484. The van der Waals surface area contributed by atoms with Gasteiger partial charge in [-0.15, -0.1) is 12.4 Å². The van der Waals surface area contributed by atoms with Gasteiger partial charge in [0.15, 0.2) is 0 Å². The SMILES string of the molecule is CC(N)C(C)C(=O)NCC(C)(C)c1cccc(C(F)(F)F)c1.Cl. The van der Waals surface area contributed by atoms with Crippen molar-refractivity contribution in [2.45, 2.75) is 45.3 Å². The number of hydrogen-bond acceptors (Lipinski definition) is 2. The van der Waals surface area contributed by atoms with E-state index in [1.54, 1.807) is 33.8 Å². The van der Waals surface area contributed by atoms with E-state index >= 15 is 0 Å². The van der Waals surface area contributed by atoms with Crippen LogP contribution in [0.5, 0.6) is 0 Å². The van der Waals surface area contributed by atoms with Gasteiger partial charge in [-0.3, -0.25) is 4.79 Å². The van der Waals surface area contributed by atoms with Crippen molar-refractivity contribution in [3.05, 3.63) is 35.4 Å². The molecule has 1 aromatic rings. The van der Waals surface area contributed by atoms with Gasteiger partial charge in [-0.05, 0) is 18.6 Å². The van der Waals surface area contributed by atoms with Crippen molar-refractivity contribution in [1.29, 1.82) is 0 Å². The summed E-state index contributed by atoms with van der Waals surface area (Å²) in [5.74, 6) is -0.549. The first-order chi connectivity index (χ1) is 9.95. The molecule has 1 aromatic carbocycles. The van der Waals surface area contributed by atoms with Gasteiger partial charge in [-0.1, -0.05) is 39.0 Å². The van der Waals surface area contributed by atoms with Crippen LogP contribution in [-0.2, 0) is 16.4 Å². The lowest BCUT2D eigenvalue weighted by atomic mass is 9.83. The van der Waals surface area contributed by atoms with Gasteiger partial charge in [-0.2, -0.15) is 13.2 Å². The minimum Gasteiger partial charge on any atom is -0.355 e. The van der Waals surface area contributed by atoms with Crippen LogP contribution in [0.3, 0.4) is 0 Å². The molecule has 132 valence electrons. The number of hydrogen-bond donors (Lipinski definition) is 2. The molecule has 0 fully saturated rings. The minimum atomic E-state index is -4.38. The summed E-state index contributed by atoms with van der Waals surface area (Å²) in [4.78, 5) is 11.9. The summed E-state index contributed by atoms with van der Waals surface area (Å²) >= 11 is 0. The summed E-state index contributed by atoms with van der Waals surface area (Å²) in [6.07, 6.45) is -4.38. The molecule has 0 bridgehead atoms. The predicted molar refractivity (Wildman–Crippen MR) is 87.5 cm³/mol. The zero-order chi connectivity index (χ0) is 17.1. The van der Waals surface area contributed by atoms with E-state index in [9.17, 15) is 18.0 Å². The monoisotopic (exact) mass is 352 g/mol. The first-order valence-electron chi connectivity index (χ1n) is 7.16. The summed E-state index contributed by atoms with van der Waals surface area (Å²) in [7, 11) is 0. The summed E-state index contributed by atoms with van der Waals surface area (Å²) in [6, 6.07) is 4.90.